The molecule has 0 spiro atoms. The van der Waals surface area contributed by atoms with Gasteiger partial charge >= 0.3 is 17.9 Å². The zero-order valence-electron chi connectivity index (χ0n) is 53.9. The van der Waals surface area contributed by atoms with E-state index in [1.165, 1.54) is 276 Å². The Morgan fingerprint density at radius 3 is 0.688 bits per heavy atom. The molecule has 1 atom stereocenters. The maximum absolute atomic E-state index is 12.9. The molecule has 0 saturated heterocycles. The molecule has 6 heteroatoms. The van der Waals surface area contributed by atoms with Gasteiger partial charge in [-0.2, -0.15) is 0 Å². The van der Waals surface area contributed by atoms with Crippen LogP contribution in [0.15, 0.2) is 48.6 Å². The molecule has 1 unspecified atom stereocenters. The maximum atomic E-state index is 12.9. The van der Waals surface area contributed by atoms with E-state index in [1.54, 1.807) is 0 Å². The van der Waals surface area contributed by atoms with Gasteiger partial charge in [-0.25, -0.2) is 0 Å². The van der Waals surface area contributed by atoms with Crippen LogP contribution in [0.1, 0.15) is 387 Å². The second-order valence-electron chi connectivity index (χ2n) is 24.1. The van der Waals surface area contributed by atoms with E-state index >= 15 is 0 Å². The fourth-order valence-electron chi connectivity index (χ4n) is 10.7. The minimum absolute atomic E-state index is 0.0701. The summed E-state index contributed by atoms with van der Waals surface area (Å²) < 4.78 is 16.8. The first-order chi connectivity index (χ1) is 39.5. The van der Waals surface area contributed by atoms with Crippen LogP contribution in [0.25, 0.3) is 0 Å². The molecule has 80 heavy (non-hydrogen) atoms. The lowest BCUT2D eigenvalue weighted by molar-refractivity contribution is -0.167. The molecule has 0 bridgehead atoms. The molecular weight excluding hydrogens is 985 g/mol. The van der Waals surface area contributed by atoms with Crippen molar-refractivity contribution in [3.63, 3.8) is 0 Å². The minimum Gasteiger partial charge on any atom is -0.462 e. The first-order valence-corrected chi connectivity index (χ1v) is 35.6. The largest absolute Gasteiger partial charge is 0.462 e. The van der Waals surface area contributed by atoms with Crippen LogP contribution in [-0.4, -0.2) is 37.2 Å². The lowest BCUT2D eigenvalue weighted by Gasteiger charge is -2.18. The van der Waals surface area contributed by atoms with Crippen LogP contribution in [0, 0.1) is 0 Å². The Kier molecular flexibility index (Phi) is 66.6. The van der Waals surface area contributed by atoms with Gasteiger partial charge in [0, 0.05) is 19.3 Å². The van der Waals surface area contributed by atoms with Gasteiger partial charge in [-0.3, -0.25) is 14.4 Å². The second-order valence-corrected chi connectivity index (χ2v) is 24.1. The van der Waals surface area contributed by atoms with Crippen molar-refractivity contribution in [2.24, 2.45) is 0 Å². The molecule has 0 amide bonds. The van der Waals surface area contributed by atoms with Crippen LogP contribution < -0.4 is 0 Å². The highest BCUT2D eigenvalue weighted by molar-refractivity contribution is 5.71. The average Bonchev–Trinajstić information content (AvgIpc) is 3.46. The van der Waals surface area contributed by atoms with Gasteiger partial charge < -0.3 is 14.2 Å². The van der Waals surface area contributed by atoms with E-state index < -0.39 is 6.10 Å². The number of esters is 3. The Morgan fingerprint density at radius 2 is 0.450 bits per heavy atom. The van der Waals surface area contributed by atoms with Crippen molar-refractivity contribution in [3.05, 3.63) is 48.6 Å². The number of carbonyl (C=O) groups excluding carboxylic acids is 3. The van der Waals surface area contributed by atoms with Crippen LogP contribution in [0.2, 0.25) is 0 Å². The van der Waals surface area contributed by atoms with Gasteiger partial charge in [0.1, 0.15) is 13.2 Å². The topological polar surface area (TPSA) is 78.9 Å². The van der Waals surface area contributed by atoms with E-state index in [9.17, 15) is 14.4 Å². The summed E-state index contributed by atoms with van der Waals surface area (Å²) in [5, 5.41) is 0. The van der Waals surface area contributed by atoms with Crippen LogP contribution in [0.3, 0.4) is 0 Å². The van der Waals surface area contributed by atoms with E-state index in [0.717, 1.165) is 70.6 Å². The maximum Gasteiger partial charge on any atom is 0.306 e. The Morgan fingerprint density at radius 1 is 0.250 bits per heavy atom. The van der Waals surface area contributed by atoms with Gasteiger partial charge in [-0.05, 0) is 83.5 Å². The van der Waals surface area contributed by atoms with E-state index in [0.29, 0.717) is 19.3 Å². The number of allylic oxidation sites excluding steroid dienone is 8. The molecule has 6 nitrogen and oxygen atoms in total. The van der Waals surface area contributed by atoms with Gasteiger partial charge in [-0.15, -0.1) is 0 Å². The minimum atomic E-state index is -0.770. The number of rotatable bonds is 66. The predicted molar refractivity (Wildman–Crippen MR) is 349 cm³/mol. The first kappa shape index (κ1) is 77.4. The molecule has 468 valence electrons. The lowest BCUT2D eigenvalue weighted by atomic mass is 10.0. The Hall–Kier alpha value is -2.63. The Labute approximate surface area is 498 Å². The third-order valence-corrected chi connectivity index (χ3v) is 16.1. The standard InChI is InChI=1S/C74H136O6/c1-4-7-10-13-16-18-20-22-24-26-28-30-31-32-33-34-35-36-37-38-39-40-41-42-43-45-46-48-50-52-54-56-58-61-64-67-73(76)79-70-71(69-78-72(75)66-63-60-15-12-9-6-3)80-74(77)68-65-62-59-57-55-53-51-49-47-44-29-27-25-23-21-19-17-14-11-8-5-2/h20-23,26-29,71H,4-19,24-25,30-70H2,1-3H3/b22-20-,23-21-,28-26-,29-27-. The second kappa shape index (κ2) is 68.9. The van der Waals surface area contributed by atoms with Crippen molar-refractivity contribution in [2.45, 2.75) is 393 Å². The number of ether oxygens (including phenoxy) is 3. The summed E-state index contributed by atoms with van der Waals surface area (Å²) in [4.78, 5) is 38.1. The average molecular weight is 1120 g/mol. The number of hydrogen-bond acceptors (Lipinski definition) is 6. The number of hydrogen-bond donors (Lipinski definition) is 0. The molecule has 0 aliphatic heterocycles. The van der Waals surface area contributed by atoms with Crippen molar-refractivity contribution >= 4 is 17.9 Å². The molecule has 0 aromatic heterocycles. The van der Waals surface area contributed by atoms with E-state index in [1.807, 2.05) is 0 Å². The predicted octanol–water partition coefficient (Wildman–Crippen LogP) is 24.5. The molecule has 0 N–H and O–H groups in total. The van der Waals surface area contributed by atoms with Crippen molar-refractivity contribution in [1.82, 2.24) is 0 Å². The number of unbranched alkanes of at least 4 members (excludes halogenated alkanes) is 47. The van der Waals surface area contributed by atoms with E-state index in [2.05, 4.69) is 69.4 Å². The number of carbonyl (C=O) groups is 3. The van der Waals surface area contributed by atoms with Crippen LogP contribution in [-0.2, 0) is 28.6 Å². The third kappa shape index (κ3) is 66.2. The third-order valence-electron chi connectivity index (χ3n) is 16.1. The summed E-state index contributed by atoms with van der Waals surface area (Å²) in [5.41, 5.74) is 0. The Bertz CT molecular complexity index is 1380. The molecule has 0 aromatic rings. The summed E-state index contributed by atoms with van der Waals surface area (Å²) in [7, 11) is 0. The van der Waals surface area contributed by atoms with E-state index in [4.69, 9.17) is 14.2 Å². The smallest absolute Gasteiger partial charge is 0.306 e. The fourth-order valence-corrected chi connectivity index (χ4v) is 10.7. The zero-order valence-corrected chi connectivity index (χ0v) is 53.9. The summed E-state index contributed by atoms with van der Waals surface area (Å²) in [5.74, 6) is -0.862. The van der Waals surface area contributed by atoms with Gasteiger partial charge in [0.15, 0.2) is 6.10 Å². The summed E-state index contributed by atoms with van der Waals surface area (Å²) in [6, 6.07) is 0. The van der Waals surface area contributed by atoms with Crippen molar-refractivity contribution in [1.29, 1.82) is 0 Å². The molecule has 0 rings (SSSR count). The monoisotopic (exact) mass is 1120 g/mol. The summed E-state index contributed by atoms with van der Waals surface area (Å²) >= 11 is 0. The van der Waals surface area contributed by atoms with Crippen LogP contribution >= 0.6 is 0 Å². The normalized spacial score (nSPS) is 12.3. The molecule has 0 radical (unpaired) electrons. The van der Waals surface area contributed by atoms with Crippen molar-refractivity contribution in [2.75, 3.05) is 13.2 Å². The summed E-state index contributed by atoms with van der Waals surface area (Å²) in [6.45, 7) is 6.61. The van der Waals surface area contributed by atoms with E-state index in [-0.39, 0.29) is 31.1 Å². The highest BCUT2D eigenvalue weighted by Gasteiger charge is 2.19. The van der Waals surface area contributed by atoms with Crippen LogP contribution in [0.5, 0.6) is 0 Å². The molecular formula is C74H136O6. The van der Waals surface area contributed by atoms with Crippen molar-refractivity contribution in [3.8, 4) is 0 Å². The molecule has 0 aliphatic carbocycles. The first-order valence-electron chi connectivity index (χ1n) is 35.6. The highest BCUT2D eigenvalue weighted by Crippen LogP contribution is 2.18. The highest BCUT2D eigenvalue weighted by atomic mass is 16.6. The fraction of sp³-hybridized carbons (Fsp3) is 0.851. The molecule has 0 saturated carbocycles. The Balaban J connectivity index is 3.92. The van der Waals surface area contributed by atoms with Gasteiger partial charge in [0.25, 0.3) is 0 Å². The molecule has 0 aliphatic rings. The van der Waals surface area contributed by atoms with Crippen LogP contribution in [0.4, 0.5) is 0 Å². The molecule has 0 fully saturated rings. The van der Waals surface area contributed by atoms with Gasteiger partial charge in [-0.1, -0.05) is 333 Å². The summed E-state index contributed by atoms with van der Waals surface area (Å²) in [6.07, 6.45) is 87.7. The quantitative estimate of drug-likeness (QED) is 0.0261. The van der Waals surface area contributed by atoms with Gasteiger partial charge in [0.05, 0.1) is 0 Å². The molecule has 0 aromatic carbocycles. The zero-order chi connectivity index (χ0) is 57.8. The SMILES string of the molecule is CCCCCCC/C=C\C/C=C\CCCCCCCCCCCCCCCCCCCCCCCCCC(=O)OCC(COC(=O)CCCCCCCC)OC(=O)CCCCCCCCCCC/C=C\C/C=C\CCCCCCC. The van der Waals surface area contributed by atoms with Gasteiger partial charge in [0.2, 0.25) is 0 Å². The lowest BCUT2D eigenvalue weighted by Crippen LogP contribution is -2.30. The van der Waals surface area contributed by atoms with Crippen molar-refractivity contribution < 1.29 is 28.6 Å². The molecule has 0 heterocycles.